The molecule has 5 rings (SSSR count). The van der Waals surface area contributed by atoms with Crippen LogP contribution in [0.15, 0.2) is 60.8 Å². The lowest BCUT2D eigenvalue weighted by molar-refractivity contribution is -0.116. The topological polar surface area (TPSA) is 77.6 Å². The molecule has 1 fully saturated rings. The molecule has 3 aromatic rings. The third kappa shape index (κ3) is 5.27. The molecule has 2 aliphatic heterocycles. The molecule has 0 saturated carbocycles. The number of fused-ring (bicyclic) bond motifs is 1. The van der Waals surface area contributed by atoms with Gasteiger partial charge in [0.15, 0.2) is 0 Å². The Bertz CT molecular complexity index is 1250. The largest absolute Gasteiger partial charge is 0.371 e. The van der Waals surface area contributed by atoms with Gasteiger partial charge in [0.05, 0.1) is 11.4 Å². The van der Waals surface area contributed by atoms with Crippen molar-refractivity contribution >= 4 is 52.4 Å². The highest BCUT2D eigenvalue weighted by molar-refractivity contribution is 7.98. The zero-order valence-corrected chi connectivity index (χ0v) is 21.0. The minimum atomic E-state index is -0.478. The predicted molar refractivity (Wildman–Crippen MR) is 142 cm³/mol. The van der Waals surface area contributed by atoms with E-state index in [0.717, 1.165) is 11.5 Å². The Kier molecular flexibility index (Phi) is 7.29. The maximum absolute atomic E-state index is 14.0. The van der Waals surface area contributed by atoms with Crippen LogP contribution in [0.25, 0.3) is 0 Å². The van der Waals surface area contributed by atoms with E-state index in [2.05, 4.69) is 20.5 Å². The van der Waals surface area contributed by atoms with Gasteiger partial charge in [0.25, 0.3) is 5.91 Å². The van der Waals surface area contributed by atoms with E-state index in [-0.39, 0.29) is 17.6 Å². The molecule has 0 unspecified atom stereocenters. The molecule has 7 nitrogen and oxygen atoms in total. The Morgan fingerprint density at radius 1 is 1.08 bits per heavy atom. The second-order valence-corrected chi connectivity index (χ2v) is 10.1. The fraction of sp³-hybridized carbons (Fsp3) is 0.269. The number of anilines is 3. The lowest BCUT2D eigenvalue weighted by atomic mass is 10.1. The quantitative estimate of drug-likeness (QED) is 0.493. The zero-order valence-electron chi connectivity index (χ0n) is 19.4. The van der Waals surface area contributed by atoms with Crippen LogP contribution in [0.3, 0.4) is 0 Å². The third-order valence-corrected chi connectivity index (χ3v) is 7.72. The van der Waals surface area contributed by atoms with Crippen LogP contribution < -0.4 is 15.5 Å². The summed E-state index contributed by atoms with van der Waals surface area (Å²) in [7, 11) is 0. The van der Waals surface area contributed by atoms with Gasteiger partial charge >= 0.3 is 0 Å². The monoisotopic (exact) mass is 525 g/mol. The Labute approximate surface area is 218 Å². The van der Waals surface area contributed by atoms with Crippen LogP contribution in [0.1, 0.15) is 15.9 Å². The maximum Gasteiger partial charge on any atom is 0.254 e. The Balaban J connectivity index is 1.18. The third-order valence-electron chi connectivity index (χ3n) is 6.30. The molecule has 1 aromatic heterocycles. The highest BCUT2D eigenvalue weighted by Crippen LogP contribution is 2.31. The molecule has 2 aromatic carbocycles. The van der Waals surface area contributed by atoms with Crippen LogP contribution in [-0.4, -0.2) is 59.7 Å². The molecule has 186 valence electrons. The van der Waals surface area contributed by atoms with Crippen molar-refractivity contribution in [2.75, 3.05) is 47.5 Å². The highest BCUT2D eigenvalue weighted by Gasteiger charge is 2.28. The van der Waals surface area contributed by atoms with Crippen molar-refractivity contribution in [3.05, 3.63) is 82.8 Å². The number of amides is 2. The van der Waals surface area contributed by atoms with Crippen LogP contribution in [0.2, 0.25) is 5.02 Å². The average Bonchev–Trinajstić information content (AvgIpc) is 2.90. The Hall–Kier alpha value is -3.30. The summed E-state index contributed by atoms with van der Waals surface area (Å²) in [4.78, 5) is 34.2. The van der Waals surface area contributed by atoms with Crippen molar-refractivity contribution < 1.29 is 14.0 Å². The van der Waals surface area contributed by atoms with Gasteiger partial charge in [-0.2, -0.15) is 11.8 Å². The SMILES string of the molecule is O=C1Nc2cc(C(=O)N3CCN(c4ccccn4)CC3)ccc2N[C@@H]1CSCc1c(F)cccc1Cl. The maximum atomic E-state index is 14.0. The standard InChI is InChI=1S/C26H25ClFN5O2S/c27-19-4-3-5-20(28)18(19)15-36-16-23-25(34)31-22-14-17(7-8-21(22)30-23)26(35)33-12-10-32(11-13-33)24-6-1-2-9-29-24/h1-9,14,23,30H,10-13,15-16H2,(H,31,34)/t23-/m1/s1. The van der Waals surface area contributed by atoms with Crippen LogP contribution in [0.4, 0.5) is 21.6 Å². The smallest absolute Gasteiger partial charge is 0.254 e. The average molecular weight is 526 g/mol. The summed E-state index contributed by atoms with van der Waals surface area (Å²) in [6, 6.07) is 15.2. The summed E-state index contributed by atoms with van der Waals surface area (Å²) in [5.41, 5.74) is 2.30. The Morgan fingerprint density at radius 2 is 1.92 bits per heavy atom. The van der Waals surface area contributed by atoms with Crippen LogP contribution in [0.5, 0.6) is 0 Å². The number of aromatic nitrogens is 1. The number of rotatable bonds is 6. The summed E-state index contributed by atoms with van der Waals surface area (Å²) in [5.74, 6) is 1.12. The molecule has 2 N–H and O–H groups in total. The van der Waals surface area contributed by atoms with Crippen LogP contribution >= 0.6 is 23.4 Å². The van der Waals surface area contributed by atoms with E-state index in [1.54, 1.807) is 30.5 Å². The second-order valence-electron chi connectivity index (χ2n) is 8.63. The van der Waals surface area contributed by atoms with E-state index in [4.69, 9.17) is 11.6 Å². The molecule has 2 amide bonds. The van der Waals surface area contributed by atoms with Crippen LogP contribution in [-0.2, 0) is 10.5 Å². The van der Waals surface area contributed by atoms with Gasteiger partial charge in [-0.15, -0.1) is 0 Å². The molecule has 10 heteroatoms. The fourth-order valence-electron chi connectivity index (χ4n) is 4.31. The van der Waals surface area contributed by atoms with Crippen molar-refractivity contribution in [2.24, 2.45) is 0 Å². The first kappa shape index (κ1) is 24.4. The number of carbonyl (C=O) groups is 2. The number of halogens is 2. The predicted octanol–water partition coefficient (Wildman–Crippen LogP) is 4.50. The lowest BCUT2D eigenvalue weighted by Gasteiger charge is -2.35. The molecule has 1 saturated heterocycles. The van der Waals surface area contributed by atoms with Crippen molar-refractivity contribution in [3.63, 3.8) is 0 Å². The van der Waals surface area contributed by atoms with Crippen LogP contribution in [0, 0.1) is 5.82 Å². The van der Waals surface area contributed by atoms with Gasteiger partial charge < -0.3 is 20.4 Å². The highest BCUT2D eigenvalue weighted by atomic mass is 35.5. The normalized spacial score (nSPS) is 17.3. The molecule has 36 heavy (non-hydrogen) atoms. The van der Waals surface area contributed by atoms with E-state index >= 15 is 0 Å². The van der Waals surface area contributed by atoms with Gasteiger partial charge in [-0.25, -0.2) is 9.37 Å². The number of benzene rings is 2. The molecule has 1 atom stereocenters. The number of hydrogen-bond acceptors (Lipinski definition) is 6. The number of nitrogens with zero attached hydrogens (tertiary/aromatic N) is 3. The number of hydrogen-bond donors (Lipinski definition) is 2. The molecule has 3 heterocycles. The number of thioether (sulfide) groups is 1. The fourth-order valence-corrected chi connectivity index (χ4v) is 5.70. The van der Waals surface area contributed by atoms with Gasteiger partial charge in [0.2, 0.25) is 5.91 Å². The molecule has 0 spiro atoms. The van der Waals surface area contributed by atoms with Gasteiger partial charge in [-0.05, 0) is 42.5 Å². The van der Waals surface area contributed by atoms with Crippen molar-refractivity contribution in [1.29, 1.82) is 0 Å². The first-order valence-corrected chi connectivity index (χ1v) is 13.2. The molecule has 0 bridgehead atoms. The minimum absolute atomic E-state index is 0.0628. The van der Waals surface area contributed by atoms with E-state index in [0.29, 0.717) is 59.5 Å². The van der Waals surface area contributed by atoms with E-state index < -0.39 is 6.04 Å². The van der Waals surface area contributed by atoms with Gasteiger partial charge in [-0.3, -0.25) is 9.59 Å². The van der Waals surface area contributed by atoms with Crippen molar-refractivity contribution in [2.45, 2.75) is 11.8 Å². The molecule has 0 aliphatic carbocycles. The number of nitrogens with one attached hydrogen (secondary N) is 2. The second kappa shape index (κ2) is 10.8. The van der Waals surface area contributed by atoms with Crippen molar-refractivity contribution in [3.8, 4) is 0 Å². The van der Waals surface area contributed by atoms with Crippen molar-refractivity contribution in [1.82, 2.24) is 9.88 Å². The molecule has 2 aliphatic rings. The summed E-state index contributed by atoms with van der Waals surface area (Å²) in [6.07, 6.45) is 1.77. The molecule has 0 radical (unpaired) electrons. The molecular weight excluding hydrogens is 501 g/mol. The first-order chi connectivity index (χ1) is 17.5. The number of piperazine rings is 1. The van der Waals surface area contributed by atoms with E-state index in [1.165, 1.54) is 17.8 Å². The summed E-state index contributed by atoms with van der Waals surface area (Å²) in [6.45, 7) is 2.62. The first-order valence-electron chi connectivity index (χ1n) is 11.7. The summed E-state index contributed by atoms with van der Waals surface area (Å²) < 4.78 is 14.0. The summed E-state index contributed by atoms with van der Waals surface area (Å²) in [5, 5.41) is 6.52. The Morgan fingerprint density at radius 3 is 2.67 bits per heavy atom. The van der Waals surface area contributed by atoms with E-state index in [1.807, 2.05) is 29.2 Å². The van der Waals surface area contributed by atoms with Gasteiger partial charge in [0, 0.05) is 60.0 Å². The van der Waals surface area contributed by atoms with Gasteiger partial charge in [-0.1, -0.05) is 23.7 Å². The number of pyridine rings is 1. The lowest BCUT2D eigenvalue weighted by Crippen LogP contribution is -2.49. The molecular formula is C26H25ClFN5O2S. The van der Waals surface area contributed by atoms with E-state index in [9.17, 15) is 14.0 Å². The number of carbonyl (C=O) groups excluding carboxylic acids is 2. The zero-order chi connectivity index (χ0) is 25.1. The summed E-state index contributed by atoms with van der Waals surface area (Å²) >= 11 is 7.52. The minimum Gasteiger partial charge on any atom is -0.371 e. The van der Waals surface area contributed by atoms with Gasteiger partial charge in [0.1, 0.15) is 17.7 Å².